The molecule has 0 aliphatic heterocycles. The SMILES string of the molecule is COc1ccc(OCCOC(=O)/C=C/c2ccc(OC)cc2OC)cc1. The molecule has 138 valence electrons. The summed E-state index contributed by atoms with van der Waals surface area (Å²) in [5.74, 6) is 2.26. The molecule has 2 rings (SSSR count). The molecule has 0 saturated carbocycles. The van der Waals surface area contributed by atoms with E-state index in [1.807, 2.05) is 0 Å². The van der Waals surface area contributed by atoms with Gasteiger partial charge in [0.2, 0.25) is 0 Å². The lowest BCUT2D eigenvalue weighted by atomic mass is 10.2. The summed E-state index contributed by atoms with van der Waals surface area (Å²) in [5, 5.41) is 0. The van der Waals surface area contributed by atoms with Crippen LogP contribution in [0.25, 0.3) is 6.08 Å². The molecule has 6 heteroatoms. The van der Waals surface area contributed by atoms with Crippen LogP contribution in [0.5, 0.6) is 23.0 Å². The van der Waals surface area contributed by atoms with Gasteiger partial charge >= 0.3 is 5.97 Å². The number of benzene rings is 2. The van der Waals surface area contributed by atoms with Crippen molar-refractivity contribution >= 4 is 12.0 Å². The van der Waals surface area contributed by atoms with Crippen LogP contribution in [0, 0.1) is 0 Å². The Morgan fingerprint density at radius 2 is 1.50 bits per heavy atom. The smallest absolute Gasteiger partial charge is 0.330 e. The molecule has 2 aromatic carbocycles. The van der Waals surface area contributed by atoms with E-state index < -0.39 is 5.97 Å². The van der Waals surface area contributed by atoms with Crippen LogP contribution >= 0.6 is 0 Å². The van der Waals surface area contributed by atoms with Crippen molar-refractivity contribution in [1.82, 2.24) is 0 Å². The van der Waals surface area contributed by atoms with Gasteiger partial charge in [-0.05, 0) is 42.5 Å². The van der Waals surface area contributed by atoms with Gasteiger partial charge in [0, 0.05) is 17.7 Å². The Kier molecular flexibility index (Phi) is 7.36. The van der Waals surface area contributed by atoms with Crippen LogP contribution < -0.4 is 18.9 Å². The predicted octanol–water partition coefficient (Wildman–Crippen LogP) is 3.35. The summed E-state index contributed by atoms with van der Waals surface area (Å²) in [7, 11) is 4.74. The van der Waals surface area contributed by atoms with Gasteiger partial charge in [-0.15, -0.1) is 0 Å². The van der Waals surface area contributed by atoms with E-state index in [-0.39, 0.29) is 13.2 Å². The molecular formula is C20H22O6. The maximum Gasteiger partial charge on any atom is 0.330 e. The van der Waals surface area contributed by atoms with Crippen LogP contribution in [0.3, 0.4) is 0 Å². The second-order valence-corrected chi connectivity index (χ2v) is 5.13. The van der Waals surface area contributed by atoms with E-state index >= 15 is 0 Å². The first kappa shape index (κ1) is 19.2. The highest BCUT2D eigenvalue weighted by atomic mass is 16.6. The maximum absolute atomic E-state index is 11.8. The van der Waals surface area contributed by atoms with Crippen molar-refractivity contribution in [2.24, 2.45) is 0 Å². The third kappa shape index (κ3) is 5.73. The van der Waals surface area contributed by atoms with Gasteiger partial charge in [0.05, 0.1) is 21.3 Å². The molecule has 0 saturated heterocycles. The second-order valence-electron chi connectivity index (χ2n) is 5.13. The Balaban J connectivity index is 1.78. The normalized spacial score (nSPS) is 10.4. The van der Waals surface area contributed by atoms with Crippen LogP contribution in [0.15, 0.2) is 48.5 Å². The number of hydrogen-bond acceptors (Lipinski definition) is 6. The van der Waals surface area contributed by atoms with Gasteiger partial charge < -0.3 is 23.7 Å². The maximum atomic E-state index is 11.8. The molecule has 0 bridgehead atoms. The summed E-state index contributed by atoms with van der Waals surface area (Å²) in [4.78, 5) is 11.8. The fourth-order valence-corrected chi connectivity index (χ4v) is 2.14. The number of methoxy groups -OCH3 is 3. The molecular weight excluding hydrogens is 336 g/mol. The quantitative estimate of drug-likeness (QED) is 0.389. The van der Waals surface area contributed by atoms with Gasteiger partial charge in [-0.2, -0.15) is 0 Å². The molecule has 0 N–H and O–H groups in total. The van der Waals surface area contributed by atoms with E-state index in [2.05, 4.69) is 0 Å². The van der Waals surface area contributed by atoms with E-state index in [0.717, 1.165) is 11.3 Å². The Hall–Kier alpha value is -3.15. The summed E-state index contributed by atoms with van der Waals surface area (Å²) < 4.78 is 26.1. The van der Waals surface area contributed by atoms with E-state index in [9.17, 15) is 4.79 Å². The summed E-state index contributed by atoms with van der Waals surface area (Å²) in [6.45, 7) is 0.409. The topological polar surface area (TPSA) is 63.2 Å². The van der Waals surface area contributed by atoms with Crippen molar-refractivity contribution in [2.45, 2.75) is 0 Å². The number of hydrogen-bond donors (Lipinski definition) is 0. The Labute approximate surface area is 152 Å². The van der Waals surface area contributed by atoms with Gasteiger partial charge in [-0.3, -0.25) is 0 Å². The van der Waals surface area contributed by atoms with Crippen LogP contribution in [0.1, 0.15) is 5.56 Å². The summed E-state index contributed by atoms with van der Waals surface area (Å²) in [6, 6.07) is 12.5. The minimum absolute atomic E-state index is 0.148. The molecule has 0 unspecified atom stereocenters. The first-order valence-corrected chi connectivity index (χ1v) is 8.00. The number of rotatable bonds is 9. The van der Waals surface area contributed by atoms with Gasteiger partial charge in [0.25, 0.3) is 0 Å². The van der Waals surface area contributed by atoms with Crippen LogP contribution in [-0.2, 0) is 9.53 Å². The monoisotopic (exact) mass is 358 g/mol. The average Bonchev–Trinajstić information content (AvgIpc) is 2.69. The lowest BCUT2D eigenvalue weighted by Gasteiger charge is -2.08. The van der Waals surface area contributed by atoms with Crippen molar-refractivity contribution in [1.29, 1.82) is 0 Å². The minimum atomic E-state index is -0.457. The Morgan fingerprint density at radius 3 is 2.15 bits per heavy atom. The van der Waals surface area contributed by atoms with Crippen molar-refractivity contribution in [2.75, 3.05) is 34.5 Å². The number of esters is 1. The van der Waals surface area contributed by atoms with E-state index in [1.165, 1.54) is 6.08 Å². The third-order valence-corrected chi connectivity index (χ3v) is 3.50. The lowest BCUT2D eigenvalue weighted by Crippen LogP contribution is -2.10. The fraction of sp³-hybridized carbons (Fsp3) is 0.250. The predicted molar refractivity (Wildman–Crippen MR) is 98.0 cm³/mol. The second kappa shape index (κ2) is 9.98. The molecule has 0 aliphatic carbocycles. The van der Waals surface area contributed by atoms with E-state index in [1.54, 1.807) is 69.9 Å². The largest absolute Gasteiger partial charge is 0.497 e. The first-order valence-electron chi connectivity index (χ1n) is 8.00. The molecule has 0 fully saturated rings. The third-order valence-electron chi connectivity index (χ3n) is 3.50. The molecule has 0 spiro atoms. The molecule has 26 heavy (non-hydrogen) atoms. The molecule has 0 radical (unpaired) electrons. The standard InChI is InChI=1S/C20H22O6/c1-22-16-7-9-17(10-8-16)25-12-13-26-20(21)11-5-15-4-6-18(23-2)14-19(15)24-3/h4-11,14H,12-13H2,1-3H3/b11-5+. The van der Waals surface area contributed by atoms with E-state index in [4.69, 9.17) is 23.7 Å². The molecule has 0 amide bonds. The Bertz CT molecular complexity index is 736. The summed E-state index contributed by atoms with van der Waals surface area (Å²) in [5.41, 5.74) is 0.750. The van der Waals surface area contributed by atoms with E-state index in [0.29, 0.717) is 17.2 Å². The van der Waals surface area contributed by atoms with Gasteiger partial charge in [0.15, 0.2) is 0 Å². The van der Waals surface area contributed by atoms with Crippen LogP contribution in [0.4, 0.5) is 0 Å². The average molecular weight is 358 g/mol. The highest BCUT2D eigenvalue weighted by molar-refractivity contribution is 5.87. The van der Waals surface area contributed by atoms with Crippen molar-refractivity contribution in [3.05, 3.63) is 54.1 Å². The van der Waals surface area contributed by atoms with Crippen LogP contribution in [-0.4, -0.2) is 40.5 Å². The molecule has 0 aromatic heterocycles. The van der Waals surface area contributed by atoms with Gasteiger partial charge in [0.1, 0.15) is 36.2 Å². The lowest BCUT2D eigenvalue weighted by molar-refractivity contribution is -0.138. The molecule has 6 nitrogen and oxygen atoms in total. The number of carbonyl (C=O) groups excluding carboxylic acids is 1. The number of ether oxygens (including phenoxy) is 5. The van der Waals surface area contributed by atoms with Gasteiger partial charge in [-0.1, -0.05) is 0 Å². The number of carbonyl (C=O) groups is 1. The zero-order chi connectivity index (χ0) is 18.8. The first-order chi connectivity index (χ1) is 12.7. The van der Waals surface area contributed by atoms with Gasteiger partial charge in [-0.25, -0.2) is 4.79 Å². The molecule has 0 aliphatic rings. The minimum Gasteiger partial charge on any atom is -0.497 e. The molecule has 2 aromatic rings. The van der Waals surface area contributed by atoms with Crippen molar-refractivity contribution in [3.63, 3.8) is 0 Å². The van der Waals surface area contributed by atoms with Crippen LogP contribution in [0.2, 0.25) is 0 Å². The van der Waals surface area contributed by atoms with Crippen molar-refractivity contribution in [3.8, 4) is 23.0 Å². The summed E-state index contributed by atoms with van der Waals surface area (Å²) >= 11 is 0. The fourth-order valence-electron chi connectivity index (χ4n) is 2.14. The Morgan fingerprint density at radius 1 is 0.846 bits per heavy atom. The molecule has 0 atom stereocenters. The highest BCUT2D eigenvalue weighted by Crippen LogP contribution is 2.25. The molecule has 0 heterocycles. The summed E-state index contributed by atoms with van der Waals surface area (Å²) in [6.07, 6.45) is 2.97. The zero-order valence-electron chi connectivity index (χ0n) is 15.1. The zero-order valence-corrected chi connectivity index (χ0v) is 15.1. The highest BCUT2D eigenvalue weighted by Gasteiger charge is 2.04. The van der Waals surface area contributed by atoms with Crippen molar-refractivity contribution < 1.29 is 28.5 Å².